The highest BCUT2D eigenvalue weighted by molar-refractivity contribution is 5.68. The van der Waals surface area contributed by atoms with Crippen LogP contribution in [-0.4, -0.2) is 35.7 Å². The molecule has 27 heavy (non-hydrogen) atoms. The van der Waals surface area contributed by atoms with Gasteiger partial charge in [-0.2, -0.15) is 0 Å². The molecule has 0 amide bonds. The quantitative estimate of drug-likeness (QED) is 0.164. The third-order valence-electron chi connectivity index (χ3n) is 5.23. The molecular formula is C23H48N2O2. The summed E-state index contributed by atoms with van der Waals surface area (Å²) in [5.74, 6) is -0.789. The summed E-state index contributed by atoms with van der Waals surface area (Å²) in [6.45, 7) is 6.32. The highest BCUT2D eigenvalue weighted by Gasteiger charge is 2.05. The fourth-order valence-corrected chi connectivity index (χ4v) is 3.57. The van der Waals surface area contributed by atoms with Crippen molar-refractivity contribution in [3.63, 3.8) is 0 Å². The van der Waals surface area contributed by atoms with E-state index in [9.17, 15) is 4.79 Å². The Morgan fingerprint density at radius 2 is 1.04 bits per heavy atom. The van der Waals surface area contributed by atoms with Crippen LogP contribution in [0.1, 0.15) is 123 Å². The average Bonchev–Trinajstić information content (AvgIpc) is 2.65. The van der Waals surface area contributed by atoms with Crippen LogP contribution in [0.25, 0.3) is 0 Å². The molecule has 2 N–H and O–H groups in total. The number of aliphatic carboxylic acids is 1. The summed E-state index contributed by atoms with van der Waals surface area (Å²) in [6.07, 6.45) is 23.2. The van der Waals surface area contributed by atoms with Crippen molar-refractivity contribution >= 4 is 5.97 Å². The second kappa shape index (κ2) is 21.7. The molecule has 0 aliphatic carbocycles. The Balaban J connectivity index is 3.26. The van der Waals surface area contributed by atoms with Crippen molar-refractivity contribution in [1.82, 2.24) is 10.4 Å². The number of carbonyl (C=O) groups is 1. The standard InChI is InChI=1S/C23H48N2O2/c1-3-5-6-7-8-9-10-11-12-13-14-15-16-17-18-19-21-25(20-4-2)24-22-23(26)27/h24H,3-22H2,1-2H3,(H,26,27). The largest absolute Gasteiger partial charge is 0.480 e. The summed E-state index contributed by atoms with van der Waals surface area (Å²) in [5.41, 5.74) is 3.01. The second-order valence-corrected chi connectivity index (χ2v) is 8.02. The number of carboxylic acid groups (broad SMARTS) is 1. The molecule has 0 bridgehead atoms. The number of nitrogens with one attached hydrogen (secondary N) is 1. The maximum absolute atomic E-state index is 10.6. The van der Waals surface area contributed by atoms with E-state index in [1.807, 2.05) is 0 Å². The molecule has 0 radical (unpaired) electrons. The van der Waals surface area contributed by atoms with Crippen LogP contribution in [0.15, 0.2) is 0 Å². The Labute approximate surface area is 169 Å². The fraction of sp³-hybridized carbons (Fsp3) is 0.957. The van der Waals surface area contributed by atoms with Crippen molar-refractivity contribution in [3.8, 4) is 0 Å². The zero-order valence-corrected chi connectivity index (χ0v) is 18.4. The highest BCUT2D eigenvalue weighted by Crippen LogP contribution is 2.13. The van der Waals surface area contributed by atoms with E-state index in [1.165, 1.54) is 96.3 Å². The topological polar surface area (TPSA) is 52.6 Å². The van der Waals surface area contributed by atoms with Gasteiger partial charge < -0.3 is 5.11 Å². The molecule has 0 aromatic heterocycles. The predicted octanol–water partition coefficient (Wildman–Crippen LogP) is 6.55. The smallest absolute Gasteiger partial charge is 0.318 e. The molecule has 0 atom stereocenters. The van der Waals surface area contributed by atoms with E-state index in [-0.39, 0.29) is 6.54 Å². The average molecular weight is 385 g/mol. The van der Waals surface area contributed by atoms with Crippen LogP contribution in [0.5, 0.6) is 0 Å². The molecule has 162 valence electrons. The van der Waals surface area contributed by atoms with Gasteiger partial charge in [0.1, 0.15) is 6.54 Å². The molecule has 0 unspecified atom stereocenters. The summed E-state index contributed by atoms with van der Waals surface area (Å²) < 4.78 is 0. The van der Waals surface area contributed by atoms with Crippen LogP contribution < -0.4 is 5.43 Å². The second-order valence-electron chi connectivity index (χ2n) is 8.02. The third-order valence-corrected chi connectivity index (χ3v) is 5.23. The van der Waals surface area contributed by atoms with Gasteiger partial charge in [0.05, 0.1) is 0 Å². The van der Waals surface area contributed by atoms with Crippen molar-refractivity contribution in [2.45, 2.75) is 123 Å². The number of rotatable bonds is 22. The molecule has 0 fully saturated rings. The van der Waals surface area contributed by atoms with Crippen LogP contribution in [0.4, 0.5) is 0 Å². The molecule has 0 aromatic carbocycles. The Morgan fingerprint density at radius 3 is 1.41 bits per heavy atom. The van der Waals surface area contributed by atoms with E-state index in [1.54, 1.807) is 0 Å². The predicted molar refractivity (Wildman–Crippen MR) is 117 cm³/mol. The van der Waals surface area contributed by atoms with Gasteiger partial charge in [-0.25, -0.2) is 10.4 Å². The van der Waals surface area contributed by atoms with Crippen LogP contribution in [-0.2, 0) is 4.79 Å². The SMILES string of the molecule is CCCCCCCCCCCCCCCCCCN(CCC)NCC(=O)O. The molecule has 4 heteroatoms. The van der Waals surface area contributed by atoms with Gasteiger partial charge in [-0.3, -0.25) is 4.79 Å². The summed E-state index contributed by atoms with van der Waals surface area (Å²) >= 11 is 0. The maximum Gasteiger partial charge on any atom is 0.318 e. The van der Waals surface area contributed by atoms with Crippen molar-refractivity contribution in [1.29, 1.82) is 0 Å². The fourth-order valence-electron chi connectivity index (χ4n) is 3.57. The lowest BCUT2D eigenvalue weighted by molar-refractivity contribution is -0.137. The van der Waals surface area contributed by atoms with E-state index in [0.717, 1.165) is 25.9 Å². The zero-order valence-electron chi connectivity index (χ0n) is 18.4. The minimum absolute atomic E-state index is 0.0266. The molecule has 0 aliphatic rings. The molecule has 0 aromatic rings. The third kappa shape index (κ3) is 21.5. The van der Waals surface area contributed by atoms with Crippen molar-refractivity contribution in [2.75, 3.05) is 19.6 Å². The van der Waals surface area contributed by atoms with Gasteiger partial charge in [0.15, 0.2) is 0 Å². The Hall–Kier alpha value is -0.610. The van der Waals surface area contributed by atoms with Gasteiger partial charge in [-0.15, -0.1) is 0 Å². The normalized spacial score (nSPS) is 11.4. The van der Waals surface area contributed by atoms with Crippen LogP contribution in [0, 0.1) is 0 Å². The van der Waals surface area contributed by atoms with Gasteiger partial charge in [0, 0.05) is 13.1 Å². The van der Waals surface area contributed by atoms with Crippen LogP contribution in [0.3, 0.4) is 0 Å². The minimum Gasteiger partial charge on any atom is -0.480 e. The molecule has 0 saturated carbocycles. The lowest BCUT2D eigenvalue weighted by atomic mass is 10.0. The number of carboxylic acids is 1. The zero-order chi connectivity index (χ0) is 20.0. The monoisotopic (exact) mass is 384 g/mol. The number of hydrazine groups is 1. The number of hydrogen-bond donors (Lipinski definition) is 2. The van der Waals surface area contributed by atoms with Gasteiger partial charge in [0.25, 0.3) is 0 Å². The number of unbranched alkanes of at least 4 members (excludes halogenated alkanes) is 15. The van der Waals surface area contributed by atoms with Crippen LogP contribution in [0.2, 0.25) is 0 Å². The molecule has 0 saturated heterocycles. The van der Waals surface area contributed by atoms with Gasteiger partial charge >= 0.3 is 5.97 Å². The first-order chi connectivity index (χ1) is 13.2. The van der Waals surface area contributed by atoms with E-state index < -0.39 is 5.97 Å². The van der Waals surface area contributed by atoms with E-state index in [2.05, 4.69) is 24.3 Å². The van der Waals surface area contributed by atoms with Gasteiger partial charge in [0.2, 0.25) is 0 Å². The highest BCUT2D eigenvalue weighted by atomic mass is 16.4. The van der Waals surface area contributed by atoms with Crippen molar-refractivity contribution < 1.29 is 9.90 Å². The van der Waals surface area contributed by atoms with Crippen LogP contribution >= 0.6 is 0 Å². The number of nitrogens with zero attached hydrogens (tertiary/aromatic N) is 1. The van der Waals surface area contributed by atoms with E-state index in [4.69, 9.17) is 5.11 Å². The summed E-state index contributed by atoms with van der Waals surface area (Å²) in [4.78, 5) is 10.6. The van der Waals surface area contributed by atoms with E-state index in [0.29, 0.717) is 0 Å². The summed E-state index contributed by atoms with van der Waals surface area (Å²) in [6, 6.07) is 0. The molecular weight excluding hydrogens is 336 g/mol. The maximum atomic E-state index is 10.6. The lowest BCUT2D eigenvalue weighted by Gasteiger charge is -2.21. The molecule has 0 rings (SSSR count). The summed E-state index contributed by atoms with van der Waals surface area (Å²) in [5, 5.41) is 10.8. The lowest BCUT2D eigenvalue weighted by Crippen LogP contribution is -2.42. The molecule has 0 aliphatic heterocycles. The number of hydrogen-bond acceptors (Lipinski definition) is 3. The molecule has 4 nitrogen and oxygen atoms in total. The van der Waals surface area contributed by atoms with Crippen molar-refractivity contribution in [3.05, 3.63) is 0 Å². The Bertz CT molecular complexity index is 311. The minimum atomic E-state index is -0.789. The first-order valence-corrected chi connectivity index (χ1v) is 11.9. The summed E-state index contributed by atoms with van der Waals surface area (Å²) in [7, 11) is 0. The van der Waals surface area contributed by atoms with Gasteiger partial charge in [-0.05, 0) is 12.8 Å². The Kier molecular flexibility index (Phi) is 21.2. The Morgan fingerprint density at radius 1 is 0.630 bits per heavy atom. The first kappa shape index (κ1) is 26.4. The molecule has 0 heterocycles. The van der Waals surface area contributed by atoms with Gasteiger partial charge in [-0.1, -0.05) is 110 Å². The van der Waals surface area contributed by atoms with Crippen molar-refractivity contribution in [2.24, 2.45) is 0 Å². The molecule has 0 spiro atoms. The van der Waals surface area contributed by atoms with E-state index >= 15 is 0 Å². The first-order valence-electron chi connectivity index (χ1n) is 11.9.